The molecule has 1 amide bonds. The summed E-state index contributed by atoms with van der Waals surface area (Å²) in [5, 5.41) is 3.08. The van der Waals surface area contributed by atoms with Crippen LogP contribution >= 0.6 is 12.4 Å². The molecule has 1 aromatic rings. The van der Waals surface area contributed by atoms with Gasteiger partial charge >= 0.3 is 0 Å². The van der Waals surface area contributed by atoms with E-state index in [1.165, 1.54) is 11.1 Å². The minimum atomic E-state index is 0. The Labute approximate surface area is 128 Å². The third-order valence-electron chi connectivity index (χ3n) is 3.25. The summed E-state index contributed by atoms with van der Waals surface area (Å²) in [5.41, 5.74) is 8.84. The molecule has 0 heterocycles. The molecule has 4 heteroatoms. The lowest BCUT2D eigenvalue weighted by Crippen LogP contribution is -2.16. The first-order chi connectivity index (χ1) is 8.97. The van der Waals surface area contributed by atoms with Gasteiger partial charge in [0, 0.05) is 12.1 Å². The highest BCUT2D eigenvalue weighted by atomic mass is 35.5. The molecule has 0 aliphatic carbocycles. The van der Waals surface area contributed by atoms with Crippen LogP contribution in [0.1, 0.15) is 63.5 Å². The zero-order valence-corrected chi connectivity index (χ0v) is 13.7. The second-order valence-electron chi connectivity index (χ2n) is 5.56. The standard InChI is InChI=1S/C16H26N2O.ClH/c1-11(2)13-7-5-8-14(12(3)4)16(13)18-15(19)9-6-10-17;/h5,7-8,11-12H,6,9-10,17H2,1-4H3,(H,18,19);1H. The Morgan fingerprint density at radius 3 is 2.05 bits per heavy atom. The van der Waals surface area contributed by atoms with Gasteiger partial charge < -0.3 is 11.1 Å². The first-order valence-corrected chi connectivity index (χ1v) is 7.10. The predicted octanol–water partition coefficient (Wildman–Crippen LogP) is 4.03. The SMILES string of the molecule is CC(C)c1cccc(C(C)C)c1NC(=O)CCCN.Cl. The van der Waals surface area contributed by atoms with Crippen LogP contribution in [-0.4, -0.2) is 12.5 Å². The molecule has 0 saturated heterocycles. The molecule has 0 bridgehead atoms. The van der Waals surface area contributed by atoms with Gasteiger partial charge in [0.2, 0.25) is 5.91 Å². The van der Waals surface area contributed by atoms with E-state index in [1.807, 2.05) is 0 Å². The molecule has 3 N–H and O–H groups in total. The average Bonchev–Trinajstić information content (AvgIpc) is 2.35. The van der Waals surface area contributed by atoms with Crippen LogP contribution in [-0.2, 0) is 4.79 Å². The lowest BCUT2D eigenvalue weighted by molar-refractivity contribution is -0.116. The van der Waals surface area contributed by atoms with E-state index in [1.54, 1.807) is 0 Å². The molecule has 0 spiro atoms. The summed E-state index contributed by atoms with van der Waals surface area (Å²) >= 11 is 0. The summed E-state index contributed by atoms with van der Waals surface area (Å²) in [5.74, 6) is 0.840. The van der Waals surface area contributed by atoms with Crippen LogP contribution < -0.4 is 11.1 Å². The Morgan fingerprint density at radius 1 is 1.15 bits per heavy atom. The van der Waals surface area contributed by atoms with Gasteiger partial charge in [0.15, 0.2) is 0 Å². The van der Waals surface area contributed by atoms with Gasteiger partial charge in [-0.25, -0.2) is 0 Å². The number of carbonyl (C=O) groups excluding carboxylic acids is 1. The van der Waals surface area contributed by atoms with Gasteiger partial charge in [0.05, 0.1) is 0 Å². The lowest BCUT2D eigenvalue weighted by atomic mass is 9.92. The fourth-order valence-corrected chi connectivity index (χ4v) is 2.16. The van der Waals surface area contributed by atoms with E-state index in [9.17, 15) is 4.79 Å². The molecule has 0 unspecified atom stereocenters. The van der Waals surface area contributed by atoms with Crippen LogP contribution in [0.3, 0.4) is 0 Å². The number of para-hydroxylation sites is 1. The maximum Gasteiger partial charge on any atom is 0.224 e. The summed E-state index contributed by atoms with van der Waals surface area (Å²) in [7, 11) is 0. The zero-order valence-electron chi connectivity index (χ0n) is 12.9. The van der Waals surface area contributed by atoms with Crippen LogP contribution in [0, 0.1) is 0 Å². The van der Waals surface area contributed by atoms with Crippen LogP contribution in [0.2, 0.25) is 0 Å². The van der Waals surface area contributed by atoms with Crippen molar-refractivity contribution < 1.29 is 4.79 Å². The molecule has 0 radical (unpaired) electrons. The molecule has 0 aliphatic heterocycles. The predicted molar refractivity (Wildman–Crippen MR) is 88.8 cm³/mol. The summed E-state index contributed by atoms with van der Waals surface area (Å²) in [6, 6.07) is 6.25. The van der Waals surface area contributed by atoms with Crippen molar-refractivity contribution in [2.45, 2.75) is 52.4 Å². The Bertz CT molecular complexity index is 404. The second-order valence-corrected chi connectivity index (χ2v) is 5.56. The normalized spacial score (nSPS) is 10.6. The molecule has 1 aromatic carbocycles. The van der Waals surface area contributed by atoms with E-state index >= 15 is 0 Å². The van der Waals surface area contributed by atoms with Crippen molar-refractivity contribution >= 4 is 24.0 Å². The van der Waals surface area contributed by atoms with E-state index in [4.69, 9.17) is 5.73 Å². The minimum Gasteiger partial charge on any atom is -0.330 e. The monoisotopic (exact) mass is 298 g/mol. The first-order valence-electron chi connectivity index (χ1n) is 7.10. The molecule has 0 aliphatic rings. The maximum atomic E-state index is 12.0. The van der Waals surface area contributed by atoms with E-state index < -0.39 is 0 Å². The lowest BCUT2D eigenvalue weighted by Gasteiger charge is -2.20. The molecule has 0 atom stereocenters. The number of halogens is 1. The summed E-state index contributed by atoms with van der Waals surface area (Å²) in [4.78, 5) is 12.0. The summed E-state index contributed by atoms with van der Waals surface area (Å²) < 4.78 is 0. The first kappa shape index (κ1) is 18.9. The van der Waals surface area contributed by atoms with Gasteiger partial charge in [0.25, 0.3) is 0 Å². The van der Waals surface area contributed by atoms with Crippen LogP contribution in [0.15, 0.2) is 18.2 Å². The molecule has 0 fully saturated rings. The molecule has 0 saturated carbocycles. The Kier molecular flexibility index (Phi) is 8.51. The zero-order chi connectivity index (χ0) is 14.4. The number of benzene rings is 1. The third-order valence-corrected chi connectivity index (χ3v) is 3.25. The van der Waals surface area contributed by atoms with Crippen molar-refractivity contribution in [2.24, 2.45) is 5.73 Å². The number of anilines is 1. The number of carbonyl (C=O) groups is 1. The van der Waals surface area contributed by atoms with E-state index in [0.29, 0.717) is 24.8 Å². The molecule has 0 aromatic heterocycles. The van der Waals surface area contributed by atoms with Gasteiger partial charge in [-0.3, -0.25) is 4.79 Å². The number of rotatable bonds is 6. The van der Waals surface area contributed by atoms with Crippen molar-refractivity contribution in [3.63, 3.8) is 0 Å². The topological polar surface area (TPSA) is 55.1 Å². The number of hydrogen-bond acceptors (Lipinski definition) is 2. The van der Waals surface area contributed by atoms with Gasteiger partial charge in [0.1, 0.15) is 0 Å². The summed E-state index contributed by atoms with van der Waals surface area (Å²) in [6.07, 6.45) is 1.22. The van der Waals surface area contributed by atoms with Crippen molar-refractivity contribution in [3.05, 3.63) is 29.3 Å². The maximum absolute atomic E-state index is 12.0. The molecule has 1 rings (SSSR count). The van der Waals surface area contributed by atoms with Gasteiger partial charge in [-0.1, -0.05) is 45.9 Å². The van der Waals surface area contributed by atoms with Crippen LogP contribution in [0.25, 0.3) is 0 Å². The highest BCUT2D eigenvalue weighted by Crippen LogP contribution is 2.32. The van der Waals surface area contributed by atoms with Crippen molar-refractivity contribution in [1.29, 1.82) is 0 Å². The largest absolute Gasteiger partial charge is 0.330 e. The number of nitrogens with two attached hydrogens (primary N) is 1. The number of hydrogen-bond donors (Lipinski definition) is 2. The highest BCUT2D eigenvalue weighted by Gasteiger charge is 2.15. The van der Waals surface area contributed by atoms with Crippen molar-refractivity contribution in [1.82, 2.24) is 0 Å². The fraction of sp³-hybridized carbons (Fsp3) is 0.562. The fourth-order valence-electron chi connectivity index (χ4n) is 2.16. The molecular formula is C16H27ClN2O. The highest BCUT2D eigenvalue weighted by molar-refractivity contribution is 5.92. The number of nitrogens with one attached hydrogen (secondary N) is 1. The Hall–Kier alpha value is -1.06. The van der Waals surface area contributed by atoms with Crippen LogP contribution in [0.4, 0.5) is 5.69 Å². The second kappa shape index (κ2) is 8.98. The van der Waals surface area contributed by atoms with E-state index in [-0.39, 0.29) is 18.3 Å². The molecule has 20 heavy (non-hydrogen) atoms. The molecule has 114 valence electrons. The van der Waals surface area contributed by atoms with Gasteiger partial charge in [-0.2, -0.15) is 0 Å². The quantitative estimate of drug-likeness (QED) is 0.833. The average molecular weight is 299 g/mol. The smallest absolute Gasteiger partial charge is 0.224 e. The Morgan fingerprint density at radius 2 is 1.65 bits per heavy atom. The van der Waals surface area contributed by atoms with E-state index in [2.05, 4.69) is 51.2 Å². The van der Waals surface area contributed by atoms with Crippen molar-refractivity contribution in [3.8, 4) is 0 Å². The molecule has 3 nitrogen and oxygen atoms in total. The number of amides is 1. The van der Waals surface area contributed by atoms with Gasteiger partial charge in [-0.15, -0.1) is 12.4 Å². The third kappa shape index (κ3) is 5.14. The van der Waals surface area contributed by atoms with E-state index in [0.717, 1.165) is 12.1 Å². The molecular weight excluding hydrogens is 272 g/mol. The van der Waals surface area contributed by atoms with Crippen molar-refractivity contribution in [2.75, 3.05) is 11.9 Å². The minimum absolute atomic E-state index is 0. The van der Waals surface area contributed by atoms with Gasteiger partial charge in [-0.05, 0) is 35.9 Å². The Balaban J connectivity index is 0.00000361. The van der Waals surface area contributed by atoms with Crippen LogP contribution in [0.5, 0.6) is 0 Å². The summed E-state index contributed by atoms with van der Waals surface area (Å²) in [6.45, 7) is 9.14.